The molecule has 0 aromatic rings. The largest absolute Gasteiger partial charge is 0.393 e. The van der Waals surface area contributed by atoms with E-state index in [0.717, 1.165) is 0 Å². The Kier molecular flexibility index (Phi) is 3.39. The van der Waals surface area contributed by atoms with Crippen LogP contribution in [-0.2, 0) is 4.79 Å². The van der Waals surface area contributed by atoms with Crippen LogP contribution in [0, 0.1) is 0 Å². The monoisotopic (exact) mass is 118 g/mol. The Labute approximate surface area is 47.9 Å². The average Bonchev–Trinajstić information content (AvgIpc) is 1.84. The zero-order chi connectivity index (χ0) is 6.57. The molecule has 0 radical (unpaired) electrons. The molecule has 0 aliphatic carbocycles. The smallest absolute Gasteiger partial charge is 0.163 e. The molecular formula is C5H10O3. The van der Waals surface area contributed by atoms with E-state index in [1.54, 1.807) is 6.92 Å². The number of carbonyl (C=O) groups is 1. The molecule has 0 amide bonds. The predicted molar refractivity (Wildman–Crippen MR) is 28.4 cm³/mol. The first-order valence-corrected chi connectivity index (χ1v) is 2.54. The minimum absolute atomic E-state index is 0.279. The number of ketones is 1. The van der Waals surface area contributed by atoms with Crippen molar-refractivity contribution in [3.05, 3.63) is 0 Å². The molecule has 0 saturated heterocycles. The van der Waals surface area contributed by atoms with Gasteiger partial charge < -0.3 is 10.2 Å². The fourth-order valence-electron chi connectivity index (χ4n) is 0.337. The SMILES string of the molecule is CCC(=O)[C@@H](O)CO. The third kappa shape index (κ3) is 2.04. The summed E-state index contributed by atoms with van der Waals surface area (Å²) in [6, 6.07) is 0. The summed E-state index contributed by atoms with van der Waals surface area (Å²) in [4.78, 5) is 10.3. The summed E-state index contributed by atoms with van der Waals surface area (Å²) in [6.07, 6.45) is -0.887. The van der Waals surface area contributed by atoms with E-state index in [1.807, 2.05) is 0 Å². The van der Waals surface area contributed by atoms with Gasteiger partial charge in [0.15, 0.2) is 5.78 Å². The molecule has 0 aromatic heterocycles. The van der Waals surface area contributed by atoms with Gasteiger partial charge in [0.2, 0.25) is 0 Å². The van der Waals surface area contributed by atoms with Gasteiger partial charge in [-0.25, -0.2) is 0 Å². The average molecular weight is 118 g/mol. The van der Waals surface area contributed by atoms with Gasteiger partial charge in [0.05, 0.1) is 6.61 Å². The molecule has 0 unspecified atom stereocenters. The first-order valence-electron chi connectivity index (χ1n) is 2.54. The summed E-state index contributed by atoms with van der Waals surface area (Å²) in [6.45, 7) is 1.17. The Morgan fingerprint density at radius 3 is 2.38 bits per heavy atom. The first kappa shape index (κ1) is 7.59. The lowest BCUT2D eigenvalue weighted by molar-refractivity contribution is -0.128. The maximum Gasteiger partial charge on any atom is 0.163 e. The first-order chi connectivity index (χ1) is 3.72. The Morgan fingerprint density at radius 1 is 1.75 bits per heavy atom. The molecule has 2 N–H and O–H groups in total. The standard InChI is InChI=1S/C5H10O3/c1-2-4(7)5(8)3-6/h5-6,8H,2-3H2,1H3/t5-/m0/s1. The maximum atomic E-state index is 10.3. The summed E-state index contributed by atoms with van der Waals surface area (Å²) in [5.41, 5.74) is 0. The van der Waals surface area contributed by atoms with Gasteiger partial charge in [0.1, 0.15) is 6.10 Å². The van der Waals surface area contributed by atoms with Gasteiger partial charge in [0, 0.05) is 6.42 Å². The highest BCUT2D eigenvalue weighted by molar-refractivity contribution is 5.82. The summed E-state index contributed by atoms with van der Waals surface area (Å²) >= 11 is 0. The number of aliphatic hydroxyl groups is 2. The highest BCUT2D eigenvalue weighted by Crippen LogP contribution is 1.87. The van der Waals surface area contributed by atoms with E-state index >= 15 is 0 Å². The zero-order valence-electron chi connectivity index (χ0n) is 4.79. The number of hydrogen-bond acceptors (Lipinski definition) is 3. The van der Waals surface area contributed by atoms with E-state index < -0.39 is 12.7 Å². The van der Waals surface area contributed by atoms with Crippen molar-refractivity contribution in [3.63, 3.8) is 0 Å². The summed E-state index contributed by atoms with van der Waals surface area (Å²) in [5, 5.41) is 16.7. The molecule has 0 heterocycles. The quantitative estimate of drug-likeness (QED) is 0.516. The van der Waals surface area contributed by atoms with Crippen molar-refractivity contribution < 1.29 is 15.0 Å². The van der Waals surface area contributed by atoms with Gasteiger partial charge in [-0.2, -0.15) is 0 Å². The number of rotatable bonds is 3. The Hall–Kier alpha value is -0.410. The Morgan fingerprint density at radius 2 is 2.25 bits per heavy atom. The lowest BCUT2D eigenvalue weighted by Crippen LogP contribution is -2.22. The van der Waals surface area contributed by atoms with E-state index in [4.69, 9.17) is 10.2 Å². The Bertz CT molecular complexity index is 79.7. The van der Waals surface area contributed by atoms with Crippen molar-refractivity contribution in [2.45, 2.75) is 19.4 Å². The molecule has 0 aromatic carbocycles. The van der Waals surface area contributed by atoms with Gasteiger partial charge in [-0.1, -0.05) is 6.92 Å². The van der Waals surface area contributed by atoms with E-state index in [-0.39, 0.29) is 12.2 Å². The van der Waals surface area contributed by atoms with Crippen molar-refractivity contribution in [2.75, 3.05) is 6.61 Å². The number of carbonyl (C=O) groups excluding carboxylic acids is 1. The number of hydrogen-bond donors (Lipinski definition) is 2. The molecule has 3 heteroatoms. The van der Waals surface area contributed by atoms with Crippen LogP contribution in [0.2, 0.25) is 0 Å². The summed E-state index contributed by atoms with van der Waals surface area (Å²) in [5.74, 6) is -0.312. The molecule has 0 aliphatic rings. The minimum Gasteiger partial charge on any atom is -0.393 e. The van der Waals surface area contributed by atoms with E-state index in [1.165, 1.54) is 0 Å². The van der Waals surface area contributed by atoms with Gasteiger partial charge >= 0.3 is 0 Å². The van der Waals surface area contributed by atoms with E-state index in [2.05, 4.69) is 0 Å². The molecule has 0 aliphatic heterocycles. The van der Waals surface area contributed by atoms with Crippen LogP contribution in [0.25, 0.3) is 0 Å². The fraction of sp³-hybridized carbons (Fsp3) is 0.800. The predicted octanol–water partition coefficient (Wildman–Crippen LogP) is -0.681. The van der Waals surface area contributed by atoms with Gasteiger partial charge in [-0.05, 0) is 0 Å². The normalized spacial score (nSPS) is 13.4. The second-order valence-electron chi connectivity index (χ2n) is 1.52. The molecule has 0 saturated carbocycles. The summed E-state index contributed by atoms with van der Waals surface area (Å²) in [7, 11) is 0. The zero-order valence-corrected chi connectivity index (χ0v) is 4.79. The number of Topliss-reactive ketones (excluding diaryl/α,β-unsaturated/α-hetero) is 1. The van der Waals surface area contributed by atoms with Crippen molar-refractivity contribution >= 4 is 5.78 Å². The van der Waals surface area contributed by atoms with E-state index in [0.29, 0.717) is 0 Å². The third-order valence-electron chi connectivity index (χ3n) is 0.893. The van der Waals surface area contributed by atoms with Crippen molar-refractivity contribution in [2.24, 2.45) is 0 Å². The van der Waals surface area contributed by atoms with Crippen LogP contribution >= 0.6 is 0 Å². The molecule has 1 atom stereocenters. The second kappa shape index (κ2) is 3.57. The molecule has 3 nitrogen and oxygen atoms in total. The molecule has 8 heavy (non-hydrogen) atoms. The molecular weight excluding hydrogens is 108 g/mol. The molecule has 0 fully saturated rings. The molecule has 0 bridgehead atoms. The van der Waals surface area contributed by atoms with Crippen LogP contribution in [0.15, 0.2) is 0 Å². The minimum atomic E-state index is -1.17. The van der Waals surface area contributed by atoms with Crippen LogP contribution in [0.1, 0.15) is 13.3 Å². The van der Waals surface area contributed by atoms with Crippen molar-refractivity contribution in [1.82, 2.24) is 0 Å². The van der Waals surface area contributed by atoms with Gasteiger partial charge in [-0.3, -0.25) is 4.79 Å². The maximum absolute atomic E-state index is 10.3. The molecule has 48 valence electrons. The highest BCUT2D eigenvalue weighted by atomic mass is 16.3. The van der Waals surface area contributed by atoms with Crippen LogP contribution < -0.4 is 0 Å². The van der Waals surface area contributed by atoms with Crippen LogP contribution in [0.5, 0.6) is 0 Å². The Balaban J connectivity index is 3.46. The van der Waals surface area contributed by atoms with Crippen molar-refractivity contribution in [1.29, 1.82) is 0 Å². The fourth-order valence-corrected chi connectivity index (χ4v) is 0.337. The molecule has 0 spiro atoms. The van der Waals surface area contributed by atoms with Crippen LogP contribution in [0.3, 0.4) is 0 Å². The van der Waals surface area contributed by atoms with Crippen molar-refractivity contribution in [3.8, 4) is 0 Å². The highest BCUT2D eigenvalue weighted by Gasteiger charge is 2.09. The van der Waals surface area contributed by atoms with Crippen LogP contribution in [0.4, 0.5) is 0 Å². The lowest BCUT2D eigenvalue weighted by atomic mass is 10.2. The van der Waals surface area contributed by atoms with Gasteiger partial charge in [-0.15, -0.1) is 0 Å². The van der Waals surface area contributed by atoms with Crippen LogP contribution in [-0.4, -0.2) is 28.7 Å². The third-order valence-corrected chi connectivity index (χ3v) is 0.893. The van der Waals surface area contributed by atoms with E-state index in [9.17, 15) is 4.79 Å². The summed E-state index contributed by atoms with van der Waals surface area (Å²) < 4.78 is 0. The second-order valence-corrected chi connectivity index (χ2v) is 1.52. The lowest BCUT2D eigenvalue weighted by Gasteiger charge is -2.00. The topological polar surface area (TPSA) is 57.5 Å². The molecule has 0 rings (SSSR count). The van der Waals surface area contributed by atoms with Gasteiger partial charge in [0.25, 0.3) is 0 Å². The number of aliphatic hydroxyl groups excluding tert-OH is 2.